The SMILES string of the molecule is O=C(Nc1ccc(Cl)cc1F)c1ccccc1OCc1nc(-c2ccccc2)no1. The molecular formula is C22H15ClFN3O3. The number of amides is 1. The zero-order chi connectivity index (χ0) is 20.9. The Balaban J connectivity index is 1.47. The minimum absolute atomic E-state index is 0.0172. The van der Waals surface area contributed by atoms with E-state index in [9.17, 15) is 9.18 Å². The molecular weight excluding hydrogens is 409 g/mol. The van der Waals surface area contributed by atoms with Gasteiger partial charge in [-0.3, -0.25) is 4.79 Å². The van der Waals surface area contributed by atoms with Gasteiger partial charge < -0.3 is 14.6 Å². The van der Waals surface area contributed by atoms with Crippen molar-refractivity contribution < 1.29 is 18.4 Å². The molecule has 0 spiro atoms. The summed E-state index contributed by atoms with van der Waals surface area (Å²) >= 11 is 5.74. The van der Waals surface area contributed by atoms with Crippen LogP contribution in [0.1, 0.15) is 16.2 Å². The van der Waals surface area contributed by atoms with Gasteiger partial charge in [-0.2, -0.15) is 4.98 Å². The van der Waals surface area contributed by atoms with Crippen molar-refractivity contribution >= 4 is 23.2 Å². The zero-order valence-corrected chi connectivity index (χ0v) is 16.3. The molecule has 0 aliphatic heterocycles. The van der Waals surface area contributed by atoms with E-state index in [1.54, 1.807) is 24.3 Å². The fourth-order valence-corrected chi connectivity index (χ4v) is 2.88. The first kappa shape index (κ1) is 19.6. The number of carbonyl (C=O) groups is 1. The Morgan fingerprint density at radius 3 is 2.63 bits per heavy atom. The summed E-state index contributed by atoms with van der Waals surface area (Å²) in [5, 5.41) is 6.68. The lowest BCUT2D eigenvalue weighted by Crippen LogP contribution is -2.14. The Morgan fingerprint density at radius 1 is 1.07 bits per heavy atom. The molecule has 1 heterocycles. The van der Waals surface area contributed by atoms with Gasteiger partial charge in [0.05, 0.1) is 11.3 Å². The smallest absolute Gasteiger partial charge is 0.264 e. The number of aromatic nitrogens is 2. The average molecular weight is 424 g/mol. The van der Waals surface area contributed by atoms with Crippen molar-refractivity contribution in [2.24, 2.45) is 0 Å². The summed E-state index contributed by atoms with van der Waals surface area (Å²) < 4.78 is 24.9. The van der Waals surface area contributed by atoms with Crippen LogP contribution in [0.5, 0.6) is 5.75 Å². The maximum Gasteiger partial charge on any atom is 0.264 e. The van der Waals surface area contributed by atoms with E-state index in [1.165, 1.54) is 12.1 Å². The minimum Gasteiger partial charge on any atom is -0.483 e. The number of nitrogens with zero attached hydrogens (tertiary/aromatic N) is 2. The maximum absolute atomic E-state index is 14.0. The molecule has 0 radical (unpaired) electrons. The van der Waals surface area contributed by atoms with Crippen LogP contribution < -0.4 is 10.1 Å². The Hall–Kier alpha value is -3.71. The third-order valence-electron chi connectivity index (χ3n) is 4.16. The molecule has 3 aromatic carbocycles. The topological polar surface area (TPSA) is 77.2 Å². The van der Waals surface area contributed by atoms with E-state index in [0.717, 1.165) is 11.6 Å². The van der Waals surface area contributed by atoms with Crippen LogP contribution in [0, 0.1) is 5.82 Å². The number of rotatable bonds is 6. The molecule has 4 rings (SSSR count). The number of ether oxygens (including phenoxy) is 1. The van der Waals surface area contributed by atoms with Crippen LogP contribution in [-0.2, 0) is 6.61 Å². The van der Waals surface area contributed by atoms with E-state index in [-0.39, 0.29) is 28.8 Å². The molecule has 8 heteroatoms. The van der Waals surface area contributed by atoms with Crippen LogP contribution in [-0.4, -0.2) is 16.0 Å². The summed E-state index contributed by atoms with van der Waals surface area (Å²) in [5.74, 6) is -0.161. The molecule has 0 bridgehead atoms. The number of hydrogen-bond donors (Lipinski definition) is 1. The lowest BCUT2D eigenvalue weighted by molar-refractivity contribution is 0.102. The van der Waals surface area contributed by atoms with Gasteiger partial charge in [0.1, 0.15) is 11.6 Å². The highest BCUT2D eigenvalue weighted by Gasteiger charge is 2.16. The van der Waals surface area contributed by atoms with Crippen LogP contribution in [0.2, 0.25) is 5.02 Å². The first-order valence-electron chi connectivity index (χ1n) is 8.96. The first-order valence-corrected chi connectivity index (χ1v) is 9.34. The molecule has 30 heavy (non-hydrogen) atoms. The van der Waals surface area contributed by atoms with Crippen molar-refractivity contribution in [3.8, 4) is 17.1 Å². The molecule has 0 aliphatic rings. The molecule has 0 aliphatic carbocycles. The molecule has 1 N–H and O–H groups in total. The lowest BCUT2D eigenvalue weighted by Gasteiger charge is -2.11. The highest BCUT2D eigenvalue weighted by molar-refractivity contribution is 6.30. The molecule has 0 fully saturated rings. The predicted octanol–water partition coefficient (Wildman–Crippen LogP) is 5.36. The van der Waals surface area contributed by atoms with Gasteiger partial charge in [-0.15, -0.1) is 0 Å². The van der Waals surface area contributed by atoms with E-state index >= 15 is 0 Å². The van der Waals surface area contributed by atoms with Gasteiger partial charge in [0.2, 0.25) is 5.82 Å². The third-order valence-corrected chi connectivity index (χ3v) is 4.40. The Labute approximate surface area is 176 Å². The Kier molecular flexibility index (Phi) is 5.72. The van der Waals surface area contributed by atoms with Crippen LogP contribution in [0.4, 0.5) is 10.1 Å². The van der Waals surface area contributed by atoms with E-state index in [4.69, 9.17) is 20.9 Å². The standard InChI is InChI=1S/C22H15ClFN3O3/c23-15-10-11-18(17(24)12-15)25-22(28)16-8-4-5-9-19(16)29-13-20-26-21(27-30-20)14-6-2-1-3-7-14/h1-12H,13H2,(H,25,28). The number of anilines is 1. The van der Waals surface area contributed by atoms with Crippen molar-refractivity contribution in [1.82, 2.24) is 10.1 Å². The zero-order valence-electron chi connectivity index (χ0n) is 15.5. The summed E-state index contributed by atoms with van der Waals surface area (Å²) in [4.78, 5) is 16.9. The number of benzene rings is 3. The van der Waals surface area contributed by atoms with Gasteiger partial charge in [0.25, 0.3) is 11.8 Å². The second-order valence-electron chi connectivity index (χ2n) is 6.24. The number of para-hydroxylation sites is 1. The predicted molar refractivity (Wildman–Crippen MR) is 110 cm³/mol. The average Bonchev–Trinajstić information content (AvgIpc) is 3.24. The van der Waals surface area contributed by atoms with Crippen molar-refractivity contribution in [3.05, 3.63) is 95.1 Å². The molecule has 1 aromatic heterocycles. The maximum atomic E-state index is 14.0. The van der Waals surface area contributed by atoms with E-state index in [1.807, 2.05) is 30.3 Å². The highest BCUT2D eigenvalue weighted by Crippen LogP contribution is 2.24. The van der Waals surface area contributed by atoms with Crippen LogP contribution in [0.25, 0.3) is 11.4 Å². The van der Waals surface area contributed by atoms with E-state index < -0.39 is 11.7 Å². The molecule has 1 amide bonds. The molecule has 0 saturated carbocycles. The number of carbonyl (C=O) groups excluding carboxylic acids is 1. The van der Waals surface area contributed by atoms with Gasteiger partial charge >= 0.3 is 0 Å². The summed E-state index contributed by atoms with van der Waals surface area (Å²) in [6, 6.07) is 20.0. The molecule has 6 nitrogen and oxygen atoms in total. The number of nitrogens with one attached hydrogen (secondary N) is 1. The van der Waals surface area contributed by atoms with Crippen molar-refractivity contribution in [1.29, 1.82) is 0 Å². The largest absolute Gasteiger partial charge is 0.483 e. The second-order valence-corrected chi connectivity index (χ2v) is 6.68. The van der Waals surface area contributed by atoms with Gasteiger partial charge in [-0.1, -0.05) is 59.2 Å². The third kappa shape index (κ3) is 4.47. The van der Waals surface area contributed by atoms with E-state index in [0.29, 0.717) is 11.6 Å². The van der Waals surface area contributed by atoms with Crippen molar-refractivity contribution in [2.45, 2.75) is 6.61 Å². The first-order chi connectivity index (χ1) is 14.6. The highest BCUT2D eigenvalue weighted by atomic mass is 35.5. The molecule has 4 aromatic rings. The fraction of sp³-hybridized carbons (Fsp3) is 0.0455. The molecule has 150 valence electrons. The minimum atomic E-state index is -0.631. The van der Waals surface area contributed by atoms with E-state index in [2.05, 4.69) is 15.5 Å². The Bertz CT molecular complexity index is 1180. The number of halogens is 2. The number of hydrogen-bond acceptors (Lipinski definition) is 5. The van der Waals surface area contributed by atoms with Crippen molar-refractivity contribution in [3.63, 3.8) is 0 Å². The fourth-order valence-electron chi connectivity index (χ4n) is 2.72. The van der Waals surface area contributed by atoms with Crippen LogP contribution in [0.15, 0.2) is 77.3 Å². The summed E-state index contributed by atoms with van der Waals surface area (Å²) in [6.07, 6.45) is 0. The van der Waals surface area contributed by atoms with Gasteiger partial charge in [-0.05, 0) is 30.3 Å². The van der Waals surface area contributed by atoms with Crippen LogP contribution >= 0.6 is 11.6 Å². The normalized spacial score (nSPS) is 10.6. The summed E-state index contributed by atoms with van der Waals surface area (Å²) in [5.41, 5.74) is 1.07. The second kappa shape index (κ2) is 8.75. The quantitative estimate of drug-likeness (QED) is 0.451. The van der Waals surface area contributed by atoms with Gasteiger partial charge in [-0.25, -0.2) is 4.39 Å². The Morgan fingerprint density at radius 2 is 1.83 bits per heavy atom. The lowest BCUT2D eigenvalue weighted by atomic mass is 10.2. The summed E-state index contributed by atoms with van der Waals surface area (Å²) in [6.45, 7) is -0.0283. The molecule has 0 saturated heterocycles. The summed E-state index contributed by atoms with van der Waals surface area (Å²) in [7, 11) is 0. The molecule has 0 atom stereocenters. The van der Waals surface area contributed by atoms with Crippen LogP contribution in [0.3, 0.4) is 0 Å². The van der Waals surface area contributed by atoms with Crippen molar-refractivity contribution in [2.75, 3.05) is 5.32 Å². The molecule has 0 unspecified atom stereocenters. The van der Waals surface area contributed by atoms with Gasteiger partial charge in [0.15, 0.2) is 6.61 Å². The van der Waals surface area contributed by atoms with Gasteiger partial charge in [0, 0.05) is 10.6 Å². The monoisotopic (exact) mass is 423 g/mol.